The third-order valence-corrected chi connectivity index (χ3v) is 3.01. The second kappa shape index (κ2) is 3.99. The molecule has 1 spiro atoms. The summed E-state index contributed by atoms with van der Waals surface area (Å²) in [6.45, 7) is 0.735. The third-order valence-electron chi connectivity index (χ3n) is 3.01. The van der Waals surface area contributed by atoms with Crippen LogP contribution in [0.3, 0.4) is 0 Å². The summed E-state index contributed by atoms with van der Waals surface area (Å²) in [4.78, 5) is 0. The normalized spacial score (nSPS) is 24.4. The van der Waals surface area contributed by atoms with E-state index in [1.54, 1.807) is 0 Å². The van der Waals surface area contributed by atoms with E-state index in [9.17, 15) is 13.2 Å². The largest absolute Gasteiger partial charge is 0.432 e. The van der Waals surface area contributed by atoms with Crippen molar-refractivity contribution in [3.05, 3.63) is 11.3 Å². The number of ether oxygens (including phenoxy) is 2. The molecule has 4 nitrogen and oxygen atoms in total. The van der Waals surface area contributed by atoms with Crippen LogP contribution in [0, 0.1) is 5.41 Å². The number of allylic oxidation sites excluding steroid dienone is 1. The van der Waals surface area contributed by atoms with Crippen molar-refractivity contribution in [1.82, 2.24) is 0 Å². The summed E-state index contributed by atoms with van der Waals surface area (Å²) in [7, 11) is 0. The van der Waals surface area contributed by atoms with Gasteiger partial charge in [0.15, 0.2) is 5.79 Å². The van der Waals surface area contributed by atoms with Crippen molar-refractivity contribution in [2.24, 2.45) is 5.73 Å². The molecule has 96 valence electrons. The molecule has 1 fully saturated rings. The third kappa shape index (κ3) is 2.30. The quantitative estimate of drug-likeness (QED) is 0.696. The van der Waals surface area contributed by atoms with Crippen LogP contribution in [0.15, 0.2) is 11.3 Å². The fraction of sp³-hybridized carbons (Fsp3) is 0.700. The predicted octanol–water partition coefficient (Wildman–Crippen LogP) is 1.71. The molecule has 0 aromatic rings. The van der Waals surface area contributed by atoms with Crippen molar-refractivity contribution in [3.63, 3.8) is 0 Å². The minimum Gasteiger partial charge on any atom is -0.402 e. The van der Waals surface area contributed by atoms with Crippen molar-refractivity contribution in [2.75, 3.05) is 13.2 Å². The molecule has 3 N–H and O–H groups in total. The minimum absolute atomic E-state index is 0.100. The molecule has 1 saturated heterocycles. The number of hydrogen-bond acceptors (Lipinski definition) is 4. The van der Waals surface area contributed by atoms with Crippen molar-refractivity contribution in [2.45, 2.75) is 31.2 Å². The topological polar surface area (TPSA) is 68.3 Å². The molecule has 2 aliphatic rings. The Bertz CT molecular complexity index is 370. The highest BCUT2D eigenvalue weighted by atomic mass is 19.4. The molecule has 0 atom stereocenters. The fourth-order valence-corrected chi connectivity index (χ4v) is 2.11. The number of nitrogens with one attached hydrogen (secondary N) is 1. The molecule has 0 aromatic carbocycles. The van der Waals surface area contributed by atoms with Crippen LogP contribution in [0.4, 0.5) is 13.2 Å². The summed E-state index contributed by atoms with van der Waals surface area (Å²) in [6, 6.07) is 0. The van der Waals surface area contributed by atoms with Gasteiger partial charge in [0, 0.05) is 24.1 Å². The van der Waals surface area contributed by atoms with Gasteiger partial charge < -0.3 is 15.2 Å². The van der Waals surface area contributed by atoms with E-state index < -0.39 is 17.7 Å². The first-order valence-corrected chi connectivity index (χ1v) is 5.26. The van der Waals surface area contributed by atoms with E-state index in [0.29, 0.717) is 19.6 Å². The second-order valence-electron chi connectivity index (χ2n) is 4.16. The maximum absolute atomic E-state index is 12.5. The summed E-state index contributed by atoms with van der Waals surface area (Å²) >= 11 is 0. The lowest BCUT2D eigenvalue weighted by atomic mass is 9.88. The highest BCUT2D eigenvalue weighted by Crippen LogP contribution is 2.39. The van der Waals surface area contributed by atoms with Gasteiger partial charge in [-0.15, -0.1) is 0 Å². The zero-order valence-corrected chi connectivity index (χ0v) is 9.06. The maximum atomic E-state index is 12.5. The zero-order valence-electron chi connectivity index (χ0n) is 9.06. The van der Waals surface area contributed by atoms with E-state index in [-0.39, 0.29) is 24.1 Å². The molecule has 1 aliphatic carbocycles. The van der Waals surface area contributed by atoms with E-state index in [4.69, 9.17) is 20.6 Å². The highest BCUT2D eigenvalue weighted by Gasteiger charge is 2.46. The Morgan fingerprint density at radius 3 is 2.41 bits per heavy atom. The first-order valence-electron chi connectivity index (χ1n) is 5.26. The molecule has 0 aromatic heterocycles. The number of halogens is 3. The van der Waals surface area contributed by atoms with Gasteiger partial charge in [-0.3, -0.25) is 5.41 Å². The van der Waals surface area contributed by atoms with Crippen molar-refractivity contribution in [3.8, 4) is 0 Å². The molecule has 7 heteroatoms. The van der Waals surface area contributed by atoms with Crippen molar-refractivity contribution in [1.29, 1.82) is 5.41 Å². The Kier molecular flexibility index (Phi) is 2.90. The Balaban J connectivity index is 2.23. The lowest BCUT2D eigenvalue weighted by Crippen LogP contribution is -2.39. The van der Waals surface area contributed by atoms with Crippen LogP contribution in [0.1, 0.15) is 19.3 Å². The maximum Gasteiger partial charge on any atom is 0.432 e. The van der Waals surface area contributed by atoms with Crippen LogP contribution < -0.4 is 5.73 Å². The molecule has 0 saturated carbocycles. The first-order chi connectivity index (χ1) is 7.84. The Labute approximate surface area is 96.1 Å². The number of alkyl halides is 3. The molecule has 0 amide bonds. The van der Waals surface area contributed by atoms with Crippen molar-refractivity contribution >= 4 is 5.71 Å². The Hall–Kier alpha value is -1.08. The van der Waals surface area contributed by atoms with Gasteiger partial charge in [0.2, 0.25) is 0 Å². The highest BCUT2D eigenvalue weighted by molar-refractivity contribution is 6.02. The zero-order chi connectivity index (χ0) is 12.7. The molecule has 1 heterocycles. The molecule has 17 heavy (non-hydrogen) atoms. The van der Waals surface area contributed by atoms with Crippen LogP contribution in [-0.4, -0.2) is 30.9 Å². The van der Waals surface area contributed by atoms with Crippen molar-refractivity contribution < 1.29 is 22.6 Å². The SMILES string of the molecule is N=C(C1=C(N)CCC2(C1)OCCO2)C(F)(F)F. The van der Waals surface area contributed by atoms with E-state index in [1.807, 2.05) is 0 Å². The van der Waals surface area contributed by atoms with Gasteiger partial charge in [0.25, 0.3) is 0 Å². The number of nitrogens with two attached hydrogens (primary N) is 1. The van der Waals surface area contributed by atoms with E-state index in [2.05, 4.69) is 0 Å². The van der Waals surface area contributed by atoms with E-state index in [1.165, 1.54) is 0 Å². The summed E-state index contributed by atoms with van der Waals surface area (Å²) in [5, 5.41) is 7.14. The summed E-state index contributed by atoms with van der Waals surface area (Å²) in [6.07, 6.45) is -4.09. The second-order valence-corrected chi connectivity index (χ2v) is 4.16. The molecule has 0 unspecified atom stereocenters. The van der Waals surface area contributed by atoms with Gasteiger partial charge in [-0.2, -0.15) is 13.2 Å². The van der Waals surface area contributed by atoms with Crippen LogP contribution >= 0.6 is 0 Å². The molecule has 0 radical (unpaired) electrons. The summed E-state index contributed by atoms with van der Waals surface area (Å²) in [5.41, 5.74) is 4.07. The minimum atomic E-state index is -4.68. The van der Waals surface area contributed by atoms with Gasteiger partial charge in [-0.25, -0.2) is 0 Å². The smallest absolute Gasteiger partial charge is 0.402 e. The van der Waals surface area contributed by atoms with Gasteiger partial charge in [0.1, 0.15) is 5.71 Å². The van der Waals surface area contributed by atoms with Crippen LogP contribution in [0.25, 0.3) is 0 Å². The van der Waals surface area contributed by atoms with Crippen LogP contribution in [0.5, 0.6) is 0 Å². The van der Waals surface area contributed by atoms with Crippen LogP contribution in [-0.2, 0) is 9.47 Å². The van der Waals surface area contributed by atoms with Gasteiger partial charge in [0.05, 0.1) is 13.2 Å². The predicted molar refractivity (Wildman–Crippen MR) is 53.5 cm³/mol. The van der Waals surface area contributed by atoms with Gasteiger partial charge >= 0.3 is 6.18 Å². The van der Waals surface area contributed by atoms with Gasteiger partial charge in [-0.1, -0.05) is 0 Å². The van der Waals surface area contributed by atoms with Gasteiger partial charge in [-0.05, 0) is 6.42 Å². The molecular formula is C10H13F3N2O2. The number of rotatable bonds is 1. The lowest BCUT2D eigenvalue weighted by molar-refractivity contribution is -0.163. The lowest BCUT2D eigenvalue weighted by Gasteiger charge is -2.33. The first kappa shape index (κ1) is 12.4. The average molecular weight is 250 g/mol. The fourth-order valence-electron chi connectivity index (χ4n) is 2.11. The monoisotopic (exact) mass is 250 g/mol. The molecule has 0 bridgehead atoms. The Morgan fingerprint density at radius 2 is 1.88 bits per heavy atom. The molecular weight excluding hydrogens is 237 g/mol. The van der Waals surface area contributed by atoms with Crippen LogP contribution in [0.2, 0.25) is 0 Å². The standard InChI is InChI=1S/C10H13F3N2O2/c11-10(12,13)8(15)6-5-9(2-1-7(6)14)16-3-4-17-9/h15H,1-5,14H2. The van der Waals surface area contributed by atoms with E-state index >= 15 is 0 Å². The number of hydrogen-bond donors (Lipinski definition) is 2. The average Bonchev–Trinajstić information content (AvgIpc) is 2.68. The summed E-state index contributed by atoms with van der Waals surface area (Å²) in [5.74, 6) is -1.00. The molecule has 1 aliphatic heterocycles. The van der Waals surface area contributed by atoms with E-state index in [0.717, 1.165) is 0 Å². The molecule has 2 rings (SSSR count). The Morgan fingerprint density at radius 1 is 1.29 bits per heavy atom. The summed E-state index contributed by atoms with van der Waals surface area (Å²) < 4.78 is 48.2.